The highest BCUT2D eigenvalue weighted by molar-refractivity contribution is 6.12. The molecular formula is C13H11NO4. The molecule has 5 heteroatoms. The number of furan rings is 1. The van der Waals surface area contributed by atoms with Crippen LogP contribution >= 0.6 is 0 Å². The first-order valence-electron chi connectivity index (χ1n) is 5.61. The normalized spacial score (nSPS) is 18.7. The van der Waals surface area contributed by atoms with Gasteiger partial charge < -0.3 is 14.4 Å². The lowest BCUT2D eigenvalue weighted by Crippen LogP contribution is -2.19. The Bertz CT molecular complexity index is 656. The molecule has 0 spiro atoms. The molecule has 1 N–H and O–H groups in total. The quantitative estimate of drug-likeness (QED) is 0.881. The lowest BCUT2D eigenvalue weighted by molar-refractivity contribution is -0.148. The van der Waals surface area contributed by atoms with Crippen LogP contribution in [-0.2, 0) is 9.63 Å². The summed E-state index contributed by atoms with van der Waals surface area (Å²) in [6, 6.07) is 7.60. The Labute approximate surface area is 103 Å². The molecule has 0 saturated heterocycles. The Kier molecular flexibility index (Phi) is 2.33. The van der Waals surface area contributed by atoms with E-state index in [1.807, 2.05) is 31.2 Å². The van der Waals surface area contributed by atoms with Crippen molar-refractivity contribution in [1.82, 2.24) is 0 Å². The zero-order valence-electron chi connectivity index (χ0n) is 9.71. The third kappa shape index (κ3) is 1.55. The predicted octanol–water partition coefficient (Wildman–Crippen LogP) is 2.32. The van der Waals surface area contributed by atoms with E-state index in [4.69, 9.17) is 14.4 Å². The van der Waals surface area contributed by atoms with Gasteiger partial charge >= 0.3 is 5.97 Å². The first kappa shape index (κ1) is 10.8. The maximum atomic E-state index is 10.8. The molecule has 2 heterocycles. The molecule has 1 atom stereocenters. The molecule has 5 nitrogen and oxygen atoms in total. The SMILES string of the molecule is Cc1oc2ccccc2c1C1=NOC(C(=O)O)C1. The van der Waals surface area contributed by atoms with Gasteiger partial charge in [-0.25, -0.2) is 4.79 Å². The fourth-order valence-electron chi connectivity index (χ4n) is 2.18. The number of hydrogen-bond acceptors (Lipinski definition) is 4. The molecule has 2 aromatic rings. The molecule has 0 fully saturated rings. The van der Waals surface area contributed by atoms with E-state index in [2.05, 4.69) is 5.16 Å². The smallest absolute Gasteiger partial charge is 0.348 e. The fraction of sp³-hybridized carbons (Fsp3) is 0.231. The zero-order chi connectivity index (χ0) is 12.7. The van der Waals surface area contributed by atoms with Crippen molar-refractivity contribution in [2.24, 2.45) is 5.16 Å². The third-order valence-electron chi connectivity index (χ3n) is 3.00. The van der Waals surface area contributed by atoms with Crippen LogP contribution < -0.4 is 0 Å². The lowest BCUT2D eigenvalue weighted by Gasteiger charge is -1.99. The number of benzene rings is 1. The minimum absolute atomic E-state index is 0.264. The molecule has 1 aromatic heterocycles. The van der Waals surface area contributed by atoms with E-state index in [9.17, 15) is 4.79 Å². The molecule has 0 bridgehead atoms. The van der Waals surface area contributed by atoms with Gasteiger partial charge in [0.25, 0.3) is 0 Å². The first-order valence-corrected chi connectivity index (χ1v) is 5.61. The van der Waals surface area contributed by atoms with Crippen molar-refractivity contribution in [2.45, 2.75) is 19.4 Å². The summed E-state index contributed by atoms with van der Waals surface area (Å²) in [6.45, 7) is 1.84. The lowest BCUT2D eigenvalue weighted by atomic mass is 10.0. The summed E-state index contributed by atoms with van der Waals surface area (Å²) >= 11 is 0. The van der Waals surface area contributed by atoms with Gasteiger partial charge in [-0.1, -0.05) is 23.4 Å². The molecule has 0 aliphatic carbocycles. The Morgan fingerprint density at radius 2 is 2.22 bits per heavy atom. The minimum Gasteiger partial charge on any atom is -0.478 e. The van der Waals surface area contributed by atoms with Crippen molar-refractivity contribution in [3.8, 4) is 0 Å². The summed E-state index contributed by atoms with van der Waals surface area (Å²) in [5.74, 6) is -0.274. The van der Waals surface area contributed by atoms with Crippen molar-refractivity contribution >= 4 is 22.7 Å². The number of para-hydroxylation sites is 1. The monoisotopic (exact) mass is 245 g/mol. The number of carbonyl (C=O) groups is 1. The molecule has 1 unspecified atom stereocenters. The van der Waals surface area contributed by atoms with E-state index in [0.29, 0.717) is 5.71 Å². The van der Waals surface area contributed by atoms with E-state index < -0.39 is 12.1 Å². The predicted molar refractivity (Wildman–Crippen MR) is 64.6 cm³/mol. The molecular weight excluding hydrogens is 234 g/mol. The maximum absolute atomic E-state index is 10.8. The highest BCUT2D eigenvalue weighted by Gasteiger charge is 2.31. The van der Waals surface area contributed by atoms with Gasteiger partial charge in [-0.15, -0.1) is 0 Å². The number of rotatable bonds is 2. The van der Waals surface area contributed by atoms with E-state index in [1.165, 1.54) is 0 Å². The molecule has 18 heavy (non-hydrogen) atoms. The van der Waals surface area contributed by atoms with Crippen molar-refractivity contribution in [3.63, 3.8) is 0 Å². The molecule has 0 amide bonds. The summed E-state index contributed by atoms with van der Waals surface area (Å²) in [4.78, 5) is 15.7. The van der Waals surface area contributed by atoms with E-state index in [-0.39, 0.29) is 6.42 Å². The largest absolute Gasteiger partial charge is 0.478 e. The summed E-state index contributed by atoms with van der Waals surface area (Å²) in [6.07, 6.45) is -0.632. The van der Waals surface area contributed by atoms with Gasteiger partial charge in [0.15, 0.2) is 0 Å². The van der Waals surface area contributed by atoms with Gasteiger partial charge in [0, 0.05) is 17.4 Å². The van der Waals surface area contributed by atoms with Crippen LogP contribution in [0, 0.1) is 6.92 Å². The fourth-order valence-corrected chi connectivity index (χ4v) is 2.18. The second kappa shape index (κ2) is 3.87. The summed E-state index contributed by atoms with van der Waals surface area (Å²) < 4.78 is 5.62. The Morgan fingerprint density at radius 1 is 1.44 bits per heavy atom. The second-order valence-electron chi connectivity index (χ2n) is 4.20. The average Bonchev–Trinajstić information content (AvgIpc) is 2.91. The minimum atomic E-state index is -1.00. The average molecular weight is 245 g/mol. The van der Waals surface area contributed by atoms with Crippen LogP contribution in [0.1, 0.15) is 17.7 Å². The standard InChI is InChI=1S/C13H11NO4/c1-7-12(8-4-2-3-5-10(8)17-7)9-6-11(13(15)16)18-14-9/h2-5,11H,6H2,1H3,(H,15,16). The van der Waals surface area contributed by atoms with Gasteiger partial charge in [0.1, 0.15) is 11.3 Å². The van der Waals surface area contributed by atoms with Crippen molar-refractivity contribution in [2.75, 3.05) is 0 Å². The molecule has 92 valence electrons. The zero-order valence-corrected chi connectivity index (χ0v) is 9.71. The van der Waals surface area contributed by atoms with Gasteiger partial charge in [-0.05, 0) is 13.0 Å². The Morgan fingerprint density at radius 3 is 2.94 bits per heavy atom. The van der Waals surface area contributed by atoms with Crippen LogP contribution in [0.25, 0.3) is 11.0 Å². The van der Waals surface area contributed by atoms with Crippen LogP contribution in [0.3, 0.4) is 0 Å². The van der Waals surface area contributed by atoms with E-state index in [0.717, 1.165) is 22.3 Å². The number of carboxylic acid groups (broad SMARTS) is 1. The number of aliphatic carboxylic acids is 1. The van der Waals surface area contributed by atoms with Crippen molar-refractivity contribution < 1.29 is 19.2 Å². The maximum Gasteiger partial charge on any atom is 0.348 e. The first-order chi connectivity index (χ1) is 8.66. The number of nitrogens with zero attached hydrogens (tertiary/aromatic N) is 1. The Balaban J connectivity index is 2.06. The third-order valence-corrected chi connectivity index (χ3v) is 3.00. The molecule has 0 radical (unpaired) electrons. The number of aryl methyl sites for hydroxylation is 1. The van der Waals surface area contributed by atoms with Gasteiger partial charge in [-0.2, -0.15) is 0 Å². The van der Waals surface area contributed by atoms with Crippen LogP contribution in [0.15, 0.2) is 33.8 Å². The summed E-state index contributed by atoms with van der Waals surface area (Å²) in [5, 5.41) is 13.7. The van der Waals surface area contributed by atoms with Crippen LogP contribution in [0.5, 0.6) is 0 Å². The highest BCUT2D eigenvalue weighted by Crippen LogP contribution is 2.29. The van der Waals surface area contributed by atoms with Crippen molar-refractivity contribution in [3.05, 3.63) is 35.6 Å². The van der Waals surface area contributed by atoms with E-state index >= 15 is 0 Å². The van der Waals surface area contributed by atoms with E-state index in [1.54, 1.807) is 0 Å². The molecule has 1 aliphatic heterocycles. The van der Waals surface area contributed by atoms with Crippen LogP contribution in [-0.4, -0.2) is 22.9 Å². The Hall–Kier alpha value is -2.30. The summed E-state index contributed by atoms with van der Waals surface area (Å²) in [7, 11) is 0. The van der Waals surface area contributed by atoms with Gasteiger partial charge in [0.05, 0.1) is 5.71 Å². The topological polar surface area (TPSA) is 72.0 Å². The molecule has 3 rings (SSSR count). The second-order valence-corrected chi connectivity index (χ2v) is 4.20. The molecule has 1 aliphatic rings. The molecule has 0 saturated carbocycles. The number of oxime groups is 1. The number of hydrogen-bond donors (Lipinski definition) is 1. The van der Waals surface area contributed by atoms with Gasteiger partial charge in [0.2, 0.25) is 6.10 Å². The summed E-state index contributed by atoms with van der Waals surface area (Å²) in [5.41, 5.74) is 2.24. The van der Waals surface area contributed by atoms with Crippen LogP contribution in [0.4, 0.5) is 0 Å². The van der Waals surface area contributed by atoms with Crippen LogP contribution in [0.2, 0.25) is 0 Å². The highest BCUT2D eigenvalue weighted by atomic mass is 16.7. The number of carboxylic acids is 1. The molecule has 1 aromatic carbocycles. The number of fused-ring (bicyclic) bond motifs is 1. The van der Waals surface area contributed by atoms with Gasteiger partial charge in [-0.3, -0.25) is 0 Å². The van der Waals surface area contributed by atoms with Crippen molar-refractivity contribution in [1.29, 1.82) is 0 Å².